The predicted molar refractivity (Wildman–Crippen MR) is 126 cm³/mol. The average Bonchev–Trinajstić information content (AvgIpc) is 2.86. The van der Waals surface area contributed by atoms with Crippen LogP contribution in [0.4, 0.5) is 0 Å². The molecule has 0 aliphatic carbocycles. The van der Waals surface area contributed by atoms with Crippen molar-refractivity contribution in [1.82, 2.24) is 9.62 Å². The lowest BCUT2D eigenvalue weighted by Crippen LogP contribution is -2.37. The van der Waals surface area contributed by atoms with Gasteiger partial charge in [0.15, 0.2) is 11.5 Å². The molecule has 0 spiro atoms. The molecule has 1 atom stereocenters. The molecule has 1 saturated heterocycles. The second-order valence-electron chi connectivity index (χ2n) is 8.11. The quantitative estimate of drug-likeness (QED) is 0.608. The van der Waals surface area contributed by atoms with Crippen molar-refractivity contribution in [3.63, 3.8) is 0 Å². The first-order chi connectivity index (χ1) is 16.2. The molecule has 10 heteroatoms. The highest BCUT2D eigenvalue weighted by Crippen LogP contribution is 2.39. The largest absolute Gasteiger partial charge is 0.493 e. The number of piperidine rings is 1. The van der Waals surface area contributed by atoms with E-state index >= 15 is 0 Å². The molecule has 2 aromatic rings. The van der Waals surface area contributed by atoms with Crippen molar-refractivity contribution < 1.29 is 27.4 Å². The van der Waals surface area contributed by atoms with E-state index < -0.39 is 22.0 Å². The van der Waals surface area contributed by atoms with E-state index in [9.17, 15) is 18.5 Å². The normalized spacial score (nSPS) is 15.7. The zero-order valence-corrected chi connectivity index (χ0v) is 20.5. The molecule has 1 aliphatic rings. The van der Waals surface area contributed by atoms with Gasteiger partial charge in [0.05, 0.1) is 32.3 Å². The molecule has 1 fully saturated rings. The summed E-state index contributed by atoms with van der Waals surface area (Å²) in [6, 6.07) is 9.96. The molecule has 9 nitrogen and oxygen atoms in total. The number of amides is 1. The van der Waals surface area contributed by atoms with Gasteiger partial charge in [0.1, 0.15) is 6.04 Å². The van der Waals surface area contributed by atoms with Gasteiger partial charge in [0, 0.05) is 18.7 Å². The van der Waals surface area contributed by atoms with E-state index in [0.717, 1.165) is 12.8 Å². The van der Waals surface area contributed by atoms with Crippen LogP contribution in [-0.4, -0.2) is 53.0 Å². The number of carbonyl (C=O) groups is 1. The number of nitrogens with one attached hydrogen (secondary N) is 1. The van der Waals surface area contributed by atoms with Crippen molar-refractivity contribution in [2.75, 3.05) is 34.4 Å². The molecule has 3 rings (SSSR count). The number of nitrogens with zero attached hydrogens (tertiary/aromatic N) is 2. The summed E-state index contributed by atoms with van der Waals surface area (Å²) in [7, 11) is 0.779. The van der Waals surface area contributed by atoms with Crippen molar-refractivity contribution in [3.05, 3.63) is 47.5 Å². The third kappa shape index (κ3) is 5.26. The van der Waals surface area contributed by atoms with Crippen LogP contribution in [0.2, 0.25) is 0 Å². The number of rotatable bonds is 8. The van der Waals surface area contributed by atoms with Crippen LogP contribution in [0.1, 0.15) is 41.7 Å². The minimum Gasteiger partial charge on any atom is -0.493 e. The van der Waals surface area contributed by atoms with Crippen molar-refractivity contribution in [2.45, 2.75) is 30.7 Å². The van der Waals surface area contributed by atoms with Crippen LogP contribution in [0.25, 0.3) is 0 Å². The fourth-order valence-electron chi connectivity index (χ4n) is 3.83. The van der Waals surface area contributed by atoms with Gasteiger partial charge in [-0.05, 0) is 60.7 Å². The van der Waals surface area contributed by atoms with Crippen LogP contribution >= 0.6 is 0 Å². The molecule has 182 valence electrons. The molecule has 1 amide bonds. The summed E-state index contributed by atoms with van der Waals surface area (Å²) in [6.45, 7) is 3.10. The van der Waals surface area contributed by atoms with E-state index in [2.05, 4.69) is 18.3 Å². The van der Waals surface area contributed by atoms with Crippen LogP contribution in [0, 0.1) is 17.2 Å². The number of hydrogen-bond donors (Lipinski definition) is 1. The number of nitriles is 1. The van der Waals surface area contributed by atoms with Crippen molar-refractivity contribution >= 4 is 15.9 Å². The van der Waals surface area contributed by atoms with Crippen LogP contribution in [-0.2, 0) is 10.0 Å². The Morgan fingerprint density at radius 1 is 1.06 bits per heavy atom. The first-order valence-electron chi connectivity index (χ1n) is 10.9. The SMILES string of the molecule is COc1cc(C(C#N)NC(=O)c2ccc(S(=O)(=O)N3CCC(C)CC3)cc2)cc(OC)c1OC. The standard InChI is InChI=1S/C24H29N3O6S/c1-16-9-11-27(12-10-16)34(29,30)19-7-5-17(6-8-19)24(28)26-20(15-25)18-13-21(31-2)23(33-4)22(14-18)32-3/h5-8,13-14,16,20H,9-12H2,1-4H3,(H,26,28). The van der Waals surface area contributed by atoms with Gasteiger partial charge in [-0.2, -0.15) is 9.57 Å². The maximum Gasteiger partial charge on any atom is 0.252 e. The van der Waals surface area contributed by atoms with Gasteiger partial charge in [-0.1, -0.05) is 6.92 Å². The summed E-state index contributed by atoms with van der Waals surface area (Å²) >= 11 is 0. The zero-order chi connectivity index (χ0) is 24.9. The zero-order valence-electron chi connectivity index (χ0n) is 19.7. The molecule has 1 N–H and O–H groups in total. The lowest BCUT2D eigenvalue weighted by Gasteiger charge is -2.29. The predicted octanol–water partition coefficient (Wildman–Crippen LogP) is 3.13. The highest BCUT2D eigenvalue weighted by molar-refractivity contribution is 7.89. The average molecular weight is 488 g/mol. The molecular formula is C24H29N3O6S. The van der Waals surface area contributed by atoms with Gasteiger partial charge in [-0.25, -0.2) is 8.42 Å². The molecule has 0 bridgehead atoms. The number of ether oxygens (including phenoxy) is 3. The number of methoxy groups -OCH3 is 3. The monoisotopic (exact) mass is 487 g/mol. The number of benzene rings is 2. The minimum absolute atomic E-state index is 0.139. The van der Waals surface area contributed by atoms with Crippen molar-refractivity contribution in [2.24, 2.45) is 5.92 Å². The van der Waals surface area contributed by atoms with E-state index in [-0.39, 0.29) is 10.5 Å². The molecule has 2 aromatic carbocycles. The Morgan fingerprint density at radius 2 is 1.62 bits per heavy atom. The smallest absolute Gasteiger partial charge is 0.252 e. The Bertz CT molecular complexity index is 1140. The van der Waals surface area contributed by atoms with E-state index in [1.807, 2.05) is 0 Å². The lowest BCUT2D eigenvalue weighted by molar-refractivity contribution is 0.0945. The summed E-state index contributed by atoms with van der Waals surface area (Å²) in [5.74, 6) is 1.07. The first-order valence-corrected chi connectivity index (χ1v) is 12.3. The maximum atomic E-state index is 12.9. The second-order valence-corrected chi connectivity index (χ2v) is 10.0. The summed E-state index contributed by atoms with van der Waals surface area (Å²) in [4.78, 5) is 12.9. The van der Waals surface area contributed by atoms with E-state index in [0.29, 0.717) is 41.8 Å². The summed E-state index contributed by atoms with van der Waals surface area (Å²) in [5.41, 5.74) is 0.683. The fraction of sp³-hybridized carbons (Fsp3) is 0.417. The third-order valence-corrected chi connectivity index (χ3v) is 7.83. The van der Waals surface area contributed by atoms with E-state index in [1.54, 1.807) is 12.1 Å². The summed E-state index contributed by atoms with van der Waals surface area (Å²) in [5, 5.41) is 12.3. The summed E-state index contributed by atoms with van der Waals surface area (Å²) in [6.07, 6.45) is 1.66. The van der Waals surface area contributed by atoms with Crippen LogP contribution in [0.5, 0.6) is 17.2 Å². The van der Waals surface area contributed by atoms with Crippen molar-refractivity contribution in [1.29, 1.82) is 5.26 Å². The molecule has 0 radical (unpaired) electrons. The first kappa shape index (κ1) is 25.3. The molecule has 0 aromatic heterocycles. The number of sulfonamides is 1. The van der Waals surface area contributed by atoms with Gasteiger partial charge >= 0.3 is 0 Å². The maximum absolute atomic E-state index is 12.9. The Labute approximate surface area is 200 Å². The van der Waals surface area contributed by atoms with Gasteiger partial charge in [-0.3, -0.25) is 4.79 Å². The van der Waals surface area contributed by atoms with Gasteiger partial charge in [0.25, 0.3) is 5.91 Å². The highest BCUT2D eigenvalue weighted by Gasteiger charge is 2.28. The van der Waals surface area contributed by atoms with Gasteiger partial charge in [-0.15, -0.1) is 0 Å². The second kappa shape index (κ2) is 10.8. The topological polar surface area (TPSA) is 118 Å². The van der Waals surface area contributed by atoms with Gasteiger partial charge in [0.2, 0.25) is 15.8 Å². The molecular weight excluding hydrogens is 458 g/mol. The molecule has 1 aliphatic heterocycles. The number of carbonyl (C=O) groups excluding carboxylic acids is 1. The molecule has 1 unspecified atom stereocenters. The Morgan fingerprint density at radius 3 is 2.09 bits per heavy atom. The van der Waals surface area contributed by atoms with Crippen LogP contribution < -0.4 is 19.5 Å². The van der Waals surface area contributed by atoms with E-state index in [1.165, 1.54) is 49.9 Å². The minimum atomic E-state index is -3.61. The van der Waals surface area contributed by atoms with Crippen LogP contribution in [0.3, 0.4) is 0 Å². The van der Waals surface area contributed by atoms with Gasteiger partial charge < -0.3 is 19.5 Å². The third-order valence-electron chi connectivity index (χ3n) is 5.92. The molecule has 0 saturated carbocycles. The summed E-state index contributed by atoms with van der Waals surface area (Å²) < 4.78 is 43.2. The Hall–Kier alpha value is -3.29. The van der Waals surface area contributed by atoms with Crippen molar-refractivity contribution in [3.8, 4) is 23.3 Å². The number of hydrogen-bond acceptors (Lipinski definition) is 7. The molecule has 1 heterocycles. The fourth-order valence-corrected chi connectivity index (χ4v) is 5.29. The highest BCUT2D eigenvalue weighted by atomic mass is 32.2. The Balaban J connectivity index is 1.78. The molecule has 34 heavy (non-hydrogen) atoms. The van der Waals surface area contributed by atoms with E-state index in [4.69, 9.17) is 14.2 Å². The van der Waals surface area contributed by atoms with Crippen LogP contribution in [0.15, 0.2) is 41.3 Å². The lowest BCUT2D eigenvalue weighted by atomic mass is 10.0. The Kier molecular flexibility index (Phi) is 8.02.